The van der Waals surface area contributed by atoms with E-state index in [2.05, 4.69) is 46.6 Å². The van der Waals surface area contributed by atoms with Crippen molar-refractivity contribution < 1.29 is 39.5 Å². The highest BCUT2D eigenvalue weighted by Gasteiger charge is 2.14. The van der Waals surface area contributed by atoms with Crippen molar-refractivity contribution in [3.8, 4) is 22.9 Å². The van der Waals surface area contributed by atoms with Gasteiger partial charge in [0.05, 0.1) is 25.0 Å². The van der Waals surface area contributed by atoms with Crippen LogP contribution in [0.5, 0.6) is 11.8 Å². The first kappa shape index (κ1) is 37.9. The van der Waals surface area contributed by atoms with Crippen molar-refractivity contribution in [2.24, 2.45) is 0 Å². The van der Waals surface area contributed by atoms with Gasteiger partial charge in [0.1, 0.15) is 13.2 Å². The molecule has 12 heteroatoms. The normalized spacial score (nSPS) is 12.4. The summed E-state index contributed by atoms with van der Waals surface area (Å²) < 4.78 is 12.2. The maximum Gasteiger partial charge on any atom is 0.306 e. The lowest BCUT2D eigenvalue weighted by Crippen LogP contribution is -2.28. The number of pyridine rings is 2. The van der Waals surface area contributed by atoms with Crippen molar-refractivity contribution in [3.63, 3.8) is 0 Å². The second kappa shape index (κ2) is 18.2. The minimum atomic E-state index is -1.04. The molecule has 4 rings (SSSR count). The van der Waals surface area contributed by atoms with Crippen molar-refractivity contribution in [1.82, 2.24) is 20.6 Å². The molecule has 0 radical (unpaired) electrons. The summed E-state index contributed by atoms with van der Waals surface area (Å²) in [4.78, 5) is 30.7. The number of aromatic nitrogens is 2. The lowest BCUT2D eigenvalue weighted by Gasteiger charge is -2.17. The van der Waals surface area contributed by atoms with E-state index in [0.29, 0.717) is 38.1 Å². The molecule has 0 spiro atoms. The van der Waals surface area contributed by atoms with E-state index in [4.69, 9.17) is 19.7 Å². The largest absolute Gasteiger partial charge is 0.481 e. The number of hydrogen-bond acceptors (Lipinski definition) is 10. The molecule has 0 unspecified atom stereocenters. The standard InChI is InChI=1S/C38H46N4O8/c1-23-29(21-49-35-13-11-27(25(3)41-35)17-39-19-31(43)15-37(45)46)7-5-9-33(23)34-10-6-8-30(24(34)2)22-50-36-14-12-28(26(4)42-36)18-40-20-32(44)16-38(47)48/h5-14,31-32,39-40,43-44H,15-22H2,1-4H3,(H,45,46)(H,47,48)/t31-,32-/m0/s1. The Bertz CT molecular complexity index is 1650. The SMILES string of the molecule is Cc1nc(OCc2cccc(-c3cccc(COc4ccc(CNC[C@@H](O)CC(=O)O)c(C)n4)c3C)c2C)ccc1CNC[C@@H](O)CC(=O)O. The van der Waals surface area contributed by atoms with E-state index in [9.17, 15) is 19.8 Å². The van der Waals surface area contributed by atoms with Crippen LogP contribution in [-0.4, -0.2) is 67.6 Å². The topological polar surface area (TPSA) is 183 Å². The molecule has 0 aliphatic rings. The Morgan fingerprint density at radius 2 is 1.02 bits per heavy atom. The van der Waals surface area contributed by atoms with Gasteiger partial charge in [-0.3, -0.25) is 9.59 Å². The fourth-order valence-electron chi connectivity index (χ4n) is 5.53. The molecular weight excluding hydrogens is 640 g/mol. The summed E-state index contributed by atoms with van der Waals surface area (Å²) >= 11 is 0. The van der Waals surface area contributed by atoms with Crippen LogP contribution in [0.25, 0.3) is 11.1 Å². The average Bonchev–Trinajstić information content (AvgIpc) is 3.05. The second-order valence-electron chi connectivity index (χ2n) is 12.3. The van der Waals surface area contributed by atoms with Crippen LogP contribution < -0.4 is 20.1 Å². The smallest absolute Gasteiger partial charge is 0.306 e. The molecule has 0 aliphatic heterocycles. The highest BCUT2D eigenvalue weighted by Crippen LogP contribution is 2.31. The van der Waals surface area contributed by atoms with E-state index in [1.165, 1.54) is 0 Å². The van der Waals surface area contributed by atoms with Crippen LogP contribution in [-0.2, 0) is 35.9 Å². The minimum absolute atomic E-state index is 0.173. The second-order valence-corrected chi connectivity index (χ2v) is 12.3. The number of nitrogens with one attached hydrogen (secondary N) is 2. The number of ether oxygens (including phenoxy) is 2. The molecule has 266 valence electrons. The van der Waals surface area contributed by atoms with E-state index >= 15 is 0 Å². The number of benzene rings is 2. The number of rotatable bonds is 19. The highest BCUT2D eigenvalue weighted by molar-refractivity contribution is 5.72. The van der Waals surface area contributed by atoms with E-state index in [-0.39, 0.29) is 25.9 Å². The first-order valence-electron chi connectivity index (χ1n) is 16.5. The molecule has 0 amide bonds. The van der Waals surface area contributed by atoms with Gasteiger partial charge in [0, 0.05) is 49.7 Å². The van der Waals surface area contributed by atoms with Gasteiger partial charge >= 0.3 is 11.9 Å². The van der Waals surface area contributed by atoms with Crippen molar-refractivity contribution in [1.29, 1.82) is 0 Å². The molecule has 6 N–H and O–H groups in total. The molecule has 2 aromatic carbocycles. The number of carboxylic acid groups (broad SMARTS) is 2. The summed E-state index contributed by atoms with van der Waals surface area (Å²) in [6.07, 6.45) is -2.52. The van der Waals surface area contributed by atoms with Crippen LogP contribution >= 0.6 is 0 Å². The molecule has 0 bridgehead atoms. The van der Waals surface area contributed by atoms with Gasteiger partial charge in [-0.1, -0.05) is 48.5 Å². The molecule has 50 heavy (non-hydrogen) atoms. The van der Waals surface area contributed by atoms with Crippen molar-refractivity contribution in [2.45, 2.75) is 79.0 Å². The number of hydrogen-bond donors (Lipinski definition) is 6. The monoisotopic (exact) mass is 686 g/mol. The molecule has 0 fully saturated rings. The van der Waals surface area contributed by atoms with Crippen LogP contribution in [0.4, 0.5) is 0 Å². The van der Waals surface area contributed by atoms with Gasteiger partial charge in [-0.25, -0.2) is 9.97 Å². The first-order chi connectivity index (χ1) is 23.9. The zero-order valence-corrected chi connectivity index (χ0v) is 28.9. The zero-order valence-electron chi connectivity index (χ0n) is 28.9. The number of carboxylic acids is 2. The summed E-state index contributed by atoms with van der Waals surface area (Å²) in [6.45, 7) is 9.86. The third-order valence-corrected chi connectivity index (χ3v) is 8.48. The number of aryl methyl sites for hydroxylation is 2. The Kier molecular flexibility index (Phi) is 13.8. The van der Waals surface area contributed by atoms with E-state index < -0.39 is 24.1 Å². The summed E-state index contributed by atoms with van der Waals surface area (Å²) in [7, 11) is 0. The Morgan fingerprint density at radius 1 is 0.620 bits per heavy atom. The van der Waals surface area contributed by atoms with E-state index in [1.54, 1.807) is 0 Å². The molecule has 0 aliphatic carbocycles. The molecule has 0 saturated carbocycles. The molecule has 4 aromatic rings. The lowest BCUT2D eigenvalue weighted by molar-refractivity contribution is -0.140. The Balaban J connectivity index is 1.35. The van der Waals surface area contributed by atoms with Crippen LogP contribution in [0.2, 0.25) is 0 Å². The minimum Gasteiger partial charge on any atom is -0.481 e. The third kappa shape index (κ3) is 11.1. The Labute approximate surface area is 292 Å². The average molecular weight is 687 g/mol. The van der Waals surface area contributed by atoms with Gasteiger partial charge in [-0.05, 0) is 72.2 Å². The number of aliphatic hydroxyl groups is 2. The number of carbonyl (C=O) groups is 2. The Morgan fingerprint density at radius 3 is 1.38 bits per heavy atom. The van der Waals surface area contributed by atoms with E-state index in [1.807, 2.05) is 62.4 Å². The van der Waals surface area contributed by atoms with Gasteiger partial charge in [0.15, 0.2) is 0 Å². The van der Waals surface area contributed by atoms with Crippen molar-refractivity contribution in [2.75, 3.05) is 13.1 Å². The fraction of sp³-hybridized carbons (Fsp3) is 0.368. The maximum absolute atomic E-state index is 10.7. The summed E-state index contributed by atoms with van der Waals surface area (Å²) in [6, 6.07) is 19.8. The number of aliphatic hydroxyl groups excluding tert-OH is 2. The van der Waals surface area contributed by atoms with Crippen LogP contribution in [0.3, 0.4) is 0 Å². The number of aliphatic carboxylic acids is 2. The van der Waals surface area contributed by atoms with Gasteiger partial charge in [-0.15, -0.1) is 0 Å². The van der Waals surface area contributed by atoms with Gasteiger partial charge in [-0.2, -0.15) is 0 Å². The van der Waals surface area contributed by atoms with Crippen LogP contribution in [0, 0.1) is 27.7 Å². The lowest BCUT2D eigenvalue weighted by atomic mass is 9.92. The highest BCUT2D eigenvalue weighted by atomic mass is 16.5. The van der Waals surface area contributed by atoms with Crippen LogP contribution in [0.15, 0.2) is 60.7 Å². The summed E-state index contributed by atoms with van der Waals surface area (Å²) in [5, 5.41) is 43.2. The summed E-state index contributed by atoms with van der Waals surface area (Å²) in [5.74, 6) is -1.08. The molecule has 2 aromatic heterocycles. The predicted octanol–water partition coefficient (Wildman–Crippen LogP) is 4.39. The third-order valence-electron chi connectivity index (χ3n) is 8.48. The van der Waals surface area contributed by atoms with Crippen molar-refractivity contribution >= 4 is 11.9 Å². The van der Waals surface area contributed by atoms with Gasteiger partial charge < -0.3 is 40.5 Å². The molecule has 2 heterocycles. The number of nitrogens with zero attached hydrogens (tertiary/aromatic N) is 2. The molecule has 0 saturated heterocycles. The van der Waals surface area contributed by atoms with Gasteiger partial charge in [0.25, 0.3) is 0 Å². The predicted molar refractivity (Wildman–Crippen MR) is 188 cm³/mol. The van der Waals surface area contributed by atoms with Gasteiger partial charge in [0.2, 0.25) is 11.8 Å². The molecule has 12 nitrogen and oxygen atoms in total. The Hall–Kier alpha value is -4.88. The summed E-state index contributed by atoms with van der Waals surface area (Å²) in [5.41, 5.74) is 9.89. The van der Waals surface area contributed by atoms with E-state index in [0.717, 1.165) is 55.9 Å². The fourth-order valence-corrected chi connectivity index (χ4v) is 5.53. The molecule has 2 atom stereocenters. The maximum atomic E-state index is 10.7. The van der Waals surface area contributed by atoms with Crippen LogP contribution in [0.1, 0.15) is 57.6 Å². The van der Waals surface area contributed by atoms with Crippen molar-refractivity contribution in [3.05, 3.63) is 105 Å². The first-order valence-corrected chi connectivity index (χ1v) is 16.5. The molecular formula is C38H46N4O8. The zero-order chi connectivity index (χ0) is 36.2. The quantitative estimate of drug-likeness (QED) is 0.0820.